The average molecular weight is 430 g/mol. The topological polar surface area (TPSA) is 106 Å². The van der Waals surface area contributed by atoms with Crippen molar-refractivity contribution in [2.75, 3.05) is 62.0 Å². The largest absolute Gasteiger partial charge is 0.446 e. The number of piperidine rings is 1. The molecule has 0 saturated carbocycles. The number of anilines is 3. The monoisotopic (exact) mass is 430 g/mol. The molecule has 10 heteroatoms. The van der Waals surface area contributed by atoms with E-state index in [0.717, 1.165) is 13.1 Å². The minimum Gasteiger partial charge on any atom is -0.446 e. The van der Waals surface area contributed by atoms with Crippen LogP contribution in [0.4, 0.5) is 26.5 Å². The number of hydrogen-bond donors (Lipinski definition) is 2. The number of hydrogen-bond acceptors (Lipinski definition) is 8. The molecule has 2 aliphatic rings. The van der Waals surface area contributed by atoms with Crippen LogP contribution in [0.25, 0.3) is 11.1 Å². The minimum atomic E-state index is -0.435. The summed E-state index contributed by atoms with van der Waals surface area (Å²) in [7, 11) is 1.53. The van der Waals surface area contributed by atoms with Gasteiger partial charge in [0.1, 0.15) is 11.9 Å². The second kappa shape index (κ2) is 9.34. The standard InChI is InChI=1S/C21H27FN6O3/c1-24-21(29)31-15-2-4-27(5-3-15)19-11-17(22)16(10-18(19)23)14-12-25-20(26-13-14)28-6-8-30-9-7-28/h10-13,15H,2-9,23H2,1H3,(H,24,29). The Balaban J connectivity index is 1.46. The highest BCUT2D eigenvalue weighted by Gasteiger charge is 2.24. The summed E-state index contributed by atoms with van der Waals surface area (Å²) in [6.07, 6.45) is 3.98. The van der Waals surface area contributed by atoms with E-state index in [1.165, 1.54) is 13.1 Å². The predicted molar refractivity (Wildman–Crippen MR) is 116 cm³/mol. The molecular weight excluding hydrogens is 403 g/mol. The summed E-state index contributed by atoms with van der Waals surface area (Å²) >= 11 is 0. The predicted octanol–water partition coefficient (Wildman–Crippen LogP) is 2.03. The fourth-order valence-electron chi connectivity index (χ4n) is 3.89. The van der Waals surface area contributed by atoms with Crippen molar-refractivity contribution in [2.24, 2.45) is 0 Å². The fraction of sp³-hybridized carbons (Fsp3) is 0.476. The van der Waals surface area contributed by atoms with E-state index < -0.39 is 6.09 Å². The molecule has 0 spiro atoms. The van der Waals surface area contributed by atoms with E-state index in [4.69, 9.17) is 15.2 Å². The molecule has 31 heavy (non-hydrogen) atoms. The van der Waals surface area contributed by atoms with Crippen LogP contribution >= 0.6 is 0 Å². The number of halogens is 1. The lowest BCUT2D eigenvalue weighted by atomic mass is 10.0. The van der Waals surface area contributed by atoms with Gasteiger partial charge in [0, 0.05) is 69.6 Å². The molecule has 4 rings (SSSR count). The number of nitrogens with one attached hydrogen (secondary N) is 1. The van der Waals surface area contributed by atoms with Gasteiger partial charge in [-0.05, 0) is 12.1 Å². The molecule has 0 aliphatic carbocycles. The molecule has 3 heterocycles. The van der Waals surface area contributed by atoms with Crippen LogP contribution in [0, 0.1) is 5.82 Å². The van der Waals surface area contributed by atoms with Crippen LogP contribution in [0.2, 0.25) is 0 Å². The number of alkyl carbamates (subject to hydrolysis) is 1. The number of carbonyl (C=O) groups excluding carboxylic acids is 1. The molecule has 2 aromatic rings. The highest BCUT2D eigenvalue weighted by atomic mass is 19.1. The van der Waals surface area contributed by atoms with Crippen molar-refractivity contribution in [2.45, 2.75) is 18.9 Å². The van der Waals surface area contributed by atoms with Gasteiger partial charge in [-0.3, -0.25) is 0 Å². The Kier molecular flexibility index (Phi) is 6.36. The van der Waals surface area contributed by atoms with Crippen LogP contribution in [-0.2, 0) is 9.47 Å². The number of nitrogen functional groups attached to an aromatic ring is 1. The van der Waals surface area contributed by atoms with Crippen molar-refractivity contribution in [1.29, 1.82) is 0 Å². The minimum absolute atomic E-state index is 0.149. The highest BCUT2D eigenvalue weighted by Crippen LogP contribution is 2.33. The number of nitrogens with zero attached hydrogens (tertiary/aromatic N) is 4. The number of morpholine rings is 1. The molecule has 0 radical (unpaired) electrons. The third-order valence-electron chi connectivity index (χ3n) is 5.62. The molecule has 166 valence electrons. The average Bonchev–Trinajstić information content (AvgIpc) is 2.81. The first-order chi connectivity index (χ1) is 15.0. The lowest BCUT2D eigenvalue weighted by Gasteiger charge is -2.34. The molecule has 2 fully saturated rings. The first-order valence-corrected chi connectivity index (χ1v) is 10.4. The molecule has 0 unspecified atom stereocenters. The zero-order chi connectivity index (χ0) is 21.8. The molecule has 2 aliphatic heterocycles. The number of ether oxygens (including phenoxy) is 2. The molecule has 1 amide bonds. The third-order valence-corrected chi connectivity index (χ3v) is 5.62. The number of amides is 1. The SMILES string of the molecule is CNC(=O)OC1CCN(c2cc(F)c(-c3cnc(N4CCOCC4)nc3)cc2N)CC1. The zero-order valence-electron chi connectivity index (χ0n) is 17.5. The van der Waals surface area contributed by atoms with Gasteiger partial charge in [-0.25, -0.2) is 19.2 Å². The van der Waals surface area contributed by atoms with Crippen LogP contribution < -0.4 is 20.9 Å². The molecule has 1 aromatic carbocycles. The van der Waals surface area contributed by atoms with Crippen LogP contribution in [0.5, 0.6) is 0 Å². The lowest BCUT2D eigenvalue weighted by Crippen LogP contribution is -2.39. The van der Waals surface area contributed by atoms with E-state index >= 15 is 0 Å². The summed E-state index contributed by atoms with van der Waals surface area (Å²) in [5.41, 5.74) is 8.35. The van der Waals surface area contributed by atoms with Gasteiger partial charge in [-0.1, -0.05) is 0 Å². The molecule has 0 bridgehead atoms. The smallest absolute Gasteiger partial charge is 0.407 e. The van der Waals surface area contributed by atoms with E-state index in [2.05, 4.69) is 15.3 Å². The first-order valence-electron chi connectivity index (χ1n) is 10.4. The fourth-order valence-corrected chi connectivity index (χ4v) is 3.89. The maximum atomic E-state index is 15.0. The van der Waals surface area contributed by atoms with Gasteiger partial charge < -0.3 is 30.3 Å². The Morgan fingerprint density at radius 1 is 1.16 bits per heavy atom. The number of rotatable bonds is 4. The highest BCUT2D eigenvalue weighted by molar-refractivity contribution is 5.77. The van der Waals surface area contributed by atoms with Crippen molar-refractivity contribution in [3.63, 3.8) is 0 Å². The van der Waals surface area contributed by atoms with E-state index in [9.17, 15) is 9.18 Å². The normalized spacial score (nSPS) is 17.5. The number of carbonyl (C=O) groups is 1. The van der Waals surface area contributed by atoms with Crippen LogP contribution in [-0.4, -0.2) is 68.6 Å². The summed E-state index contributed by atoms with van der Waals surface area (Å²) < 4.78 is 25.6. The Morgan fingerprint density at radius 2 is 1.84 bits per heavy atom. The van der Waals surface area contributed by atoms with Crippen molar-refractivity contribution in [1.82, 2.24) is 15.3 Å². The quantitative estimate of drug-likeness (QED) is 0.710. The van der Waals surface area contributed by atoms with E-state index in [-0.39, 0.29) is 11.9 Å². The van der Waals surface area contributed by atoms with Gasteiger partial charge in [-0.2, -0.15) is 0 Å². The van der Waals surface area contributed by atoms with E-state index in [0.29, 0.717) is 67.6 Å². The molecule has 2 saturated heterocycles. The Labute approximate surface area is 180 Å². The van der Waals surface area contributed by atoms with Crippen molar-refractivity contribution in [3.8, 4) is 11.1 Å². The first kappa shape index (κ1) is 21.1. The second-order valence-electron chi connectivity index (χ2n) is 7.60. The molecular formula is C21H27FN6O3. The maximum Gasteiger partial charge on any atom is 0.407 e. The van der Waals surface area contributed by atoms with Crippen molar-refractivity contribution in [3.05, 3.63) is 30.3 Å². The summed E-state index contributed by atoms with van der Waals surface area (Å²) in [4.78, 5) is 24.2. The van der Waals surface area contributed by atoms with Crippen LogP contribution in [0.1, 0.15) is 12.8 Å². The maximum absolute atomic E-state index is 15.0. The van der Waals surface area contributed by atoms with Gasteiger partial charge in [0.25, 0.3) is 0 Å². The van der Waals surface area contributed by atoms with Crippen molar-refractivity contribution >= 4 is 23.4 Å². The number of aromatic nitrogens is 2. The van der Waals surface area contributed by atoms with E-state index in [1.807, 2.05) is 9.80 Å². The molecule has 1 aromatic heterocycles. The molecule has 3 N–H and O–H groups in total. The summed E-state index contributed by atoms with van der Waals surface area (Å²) in [6, 6.07) is 3.09. The Bertz CT molecular complexity index is 912. The van der Waals surface area contributed by atoms with Crippen molar-refractivity contribution < 1.29 is 18.7 Å². The Hall–Kier alpha value is -3.14. The molecule has 9 nitrogen and oxygen atoms in total. The summed E-state index contributed by atoms with van der Waals surface area (Å²) in [5.74, 6) is 0.231. The Morgan fingerprint density at radius 3 is 2.48 bits per heavy atom. The van der Waals surface area contributed by atoms with Gasteiger partial charge in [0.15, 0.2) is 0 Å². The number of benzene rings is 1. The van der Waals surface area contributed by atoms with E-state index in [1.54, 1.807) is 18.5 Å². The van der Waals surface area contributed by atoms with Crippen LogP contribution in [0.15, 0.2) is 24.5 Å². The van der Waals surface area contributed by atoms with Gasteiger partial charge in [0.2, 0.25) is 5.95 Å². The number of nitrogens with two attached hydrogens (primary N) is 1. The summed E-state index contributed by atoms with van der Waals surface area (Å²) in [6.45, 7) is 4.02. The third kappa shape index (κ3) is 4.79. The van der Waals surface area contributed by atoms with Gasteiger partial charge in [0.05, 0.1) is 24.6 Å². The van der Waals surface area contributed by atoms with Gasteiger partial charge >= 0.3 is 6.09 Å². The zero-order valence-corrected chi connectivity index (χ0v) is 17.5. The van der Waals surface area contributed by atoms with Crippen LogP contribution in [0.3, 0.4) is 0 Å². The van der Waals surface area contributed by atoms with Gasteiger partial charge in [-0.15, -0.1) is 0 Å². The molecule has 0 atom stereocenters. The summed E-state index contributed by atoms with van der Waals surface area (Å²) in [5, 5.41) is 2.45. The second-order valence-corrected chi connectivity index (χ2v) is 7.60. The lowest BCUT2D eigenvalue weighted by molar-refractivity contribution is 0.0849.